The number of carbonyl (C=O) groups excluding carboxylic acids is 1. The predicted octanol–water partition coefficient (Wildman–Crippen LogP) is 2.68. The lowest BCUT2D eigenvalue weighted by molar-refractivity contribution is -0.134. The maximum absolute atomic E-state index is 11.8. The third kappa shape index (κ3) is 3.69. The van der Waals surface area contributed by atoms with Crippen LogP contribution in [0.4, 0.5) is 0 Å². The summed E-state index contributed by atoms with van der Waals surface area (Å²) in [6, 6.07) is 0. The van der Waals surface area contributed by atoms with Crippen molar-refractivity contribution in [3.8, 4) is 0 Å². The maximum Gasteiger partial charge on any atom is 0.225 e. The molecule has 0 spiro atoms. The number of hydrogen-bond acceptors (Lipinski definition) is 1. The van der Waals surface area contributed by atoms with Crippen LogP contribution >= 0.6 is 0 Å². The van der Waals surface area contributed by atoms with Crippen molar-refractivity contribution in [2.45, 2.75) is 46.5 Å². The molecule has 2 nitrogen and oxygen atoms in total. The number of amides is 1. The number of nitrogens with zero attached hydrogens (tertiary/aromatic N) is 1. The molecule has 0 radical (unpaired) electrons. The Morgan fingerprint density at radius 2 is 2.00 bits per heavy atom. The van der Waals surface area contributed by atoms with E-state index in [2.05, 4.69) is 6.92 Å². The first kappa shape index (κ1) is 11.5. The SMILES string of the molecule is CCCN(CCC1CC1)C(=O)C(C)C. The molecule has 0 N–H and O–H groups in total. The molecule has 0 saturated heterocycles. The van der Waals surface area contributed by atoms with Crippen LogP contribution in [0.3, 0.4) is 0 Å². The number of carbonyl (C=O) groups is 1. The second-order valence-electron chi connectivity index (χ2n) is 4.71. The van der Waals surface area contributed by atoms with Gasteiger partial charge < -0.3 is 4.90 Å². The molecule has 0 atom stereocenters. The van der Waals surface area contributed by atoms with E-state index < -0.39 is 0 Å². The minimum Gasteiger partial charge on any atom is -0.342 e. The van der Waals surface area contributed by atoms with Crippen LogP contribution in [0.5, 0.6) is 0 Å². The van der Waals surface area contributed by atoms with Gasteiger partial charge in [-0.2, -0.15) is 0 Å². The Balaban J connectivity index is 2.31. The first-order valence-electron chi connectivity index (χ1n) is 5.94. The average Bonchev–Trinajstić information content (AvgIpc) is 2.94. The molecule has 0 bridgehead atoms. The summed E-state index contributed by atoms with van der Waals surface area (Å²) in [4.78, 5) is 13.8. The van der Waals surface area contributed by atoms with E-state index in [9.17, 15) is 4.79 Å². The average molecular weight is 197 g/mol. The van der Waals surface area contributed by atoms with Crippen molar-refractivity contribution in [3.63, 3.8) is 0 Å². The molecule has 14 heavy (non-hydrogen) atoms. The summed E-state index contributed by atoms with van der Waals surface area (Å²) in [5.41, 5.74) is 0. The summed E-state index contributed by atoms with van der Waals surface area (Å²) < 4.78 is 0. The van der Waals surface area contributed by atoms with Crippen molar-refractivity contribution in [1.29, 1.82) is 0 Å². The van der Waals surface area contributed by atoms with Crippen molar-refractivity contribution in [1.82, 2.24) is 4.90 Å². The topological polar surface area (TPSA) is 20.3 Å². The van der Waals surface area contributed by atoms with E-state index in [-0.39, 0.29) is 5.92 Å². The zero-order valence-electron chi connectivity index (χ0n) is 9.75. The highest BCUT2D eigenvalue weighted by molar-refractivity contribution is 5.78. The lowest BCUT2D eigenvalue weighted by atomic mass is 10.1. The monoisotopic (exact) mass is 197 g/mol. The van der Waals surface area contributed by atoms with E-state index >= 15 is 0 Å². The Labute approximate surface area is 87.7 Å². The second-order valence-corrected chi connectivity index (χ2v) is 4.71. The summed E-state index contributed by atoms with van der Waals surface area (Å²) in [5.74, 6) is 1.41. The molecule has 1 fully saturated rings. The minimum atomic E-state index is 0.153. The van der Waals surface area contributed by atoms with E-state index in [1.165, 1.54) is 19.3 Å². The second kappa shape index (κ2) is 5.38. The van der Waals surface area contributed by atoms with Crippen LogP contribution in [0.2, 0.25) is 0 Å². The van der Waals surface area contributed by atoms with Crippen LogP contribution in [0.1, 0.15) is 46.5 Å². The fourth-order valence-corrected chi connectivity index (χ4v) is 1.71. The van der Waals surface area contributed by atoms with E-state index in [0.29, 0.717) is 5.91 Å². The van der Waals surface area contributed by atoms with Gasteiger partial charge in [-0.05, 0) is 18.8 Å². The molecule has 1 aliphatic rings. The molecule has 0 aromatic rings. The molecule has 1 saturated carbocycles. The molecule has 0 aromatic heterocycles. The molecule has 0 aromatic carbocycles. The van der Waals surface area contributed by atoms with Crippen molar-refractivity contribution in [2.24, 2.45) is 11.8 Å². The molecule has 0 unspecified atom stereocenters. The van der Waals surface area contributed by atoms with Gasteiger partial charge in [0.15, 0.2) is 0 Å². The Hall–Kier alpha value is -0.530. The highest BCUT2D eigenvalue weighted by Gasteiger charge is 2.23. The molecule has 0 heterocycles. The van der Waals surface area contributed by atoms with E-state index in [1.807, 2.05) is 18.7 Å². The zero-order chi connectivity index (χ0) is 10.6. The summed E-state index contributed by atoms with van der Waals surface area (Å²) >= 11 is 0. The van der Waals surface area contributed by atoms with Crippen molar-refractivity contribution in [2.75, 3.05) is 13.1 Å². The molecule has 1 amide bonds. The van der Waals surface area contributed by atoms with Gasteiger partial charge >= 0.3 is 0 Å². The summed E-state index contributed by atoms with van der Waals surface area (Å²) in [6.45, 7) is 8.03. The molecule has 2 heteroatoms. The van der Waals surface area contributed by atoms with Crippen LogP contribution in [0.25, 0.3) is 0 Å². The Bertz CT molecular complexity index is 185. The quantitative estimate of drug-likeness (QED) is 0.641. The molecule has 1 rings (SSSR count). The van der Waals surface area contributed by atoms with Gasteiger partial charge in [-0.1, -0.05) is 33.6 Å². The highest BCUT2D eigenvalue weighted by atomic mass is 16.2. The third-order valence-electron chi connectivity index (χ3n) is 2.80. The number of rotatable bonds is 6. The van der Waals surface area contributed by atoms with Crippen molar-refractivity contribution in [3.05, 3.63) is 0 Å². The van der Waals surface area contributed by atoms with Crippen LogP contribution in [0, 0.1) is 11.8 Å². The number of hydrogen-bond donors (Lipinski definition) is 0. The van der Waals surface area contributed by atoms with Crippen LogP contribution in [0.15, 0.2) is 0 Å². The predicted molar refractivity (Wildman–Crippen MR) is 59.1 cm³/mol. The fourth-order valence-electron chi connectivity index (χ4n) is 1.71. The van der Waals surface area contributed by atoms with Gasteiger partial charge in [-0.15, -0.1) is 0 Å². The smallest absolute Gasteiger partial charge is 0.225 e. The van der Waals surface area contributed by atoms with Crippen LogP contribution in [-0.2, 0) is 4.79 Å². The lowest BCUT2D eigenvalue weighted by Gasteiger charge is -2.24. The third-order valence-corrected chi connectivity index (χ3v) is 2.80. The minimum absolute atomic E-state index is 0.153. The van der Waals surface area contributed by atoms with Gasteiger partial charge in [0, 0.05) is 19.0 Å². The standard InChI is InChI=1S/C12H23NO/c1-4-8-13(12(14)10(2)3)9-7-11-5-6-11/h10-11H,4-9H2,1-3H3. The van der Waals surface area contributed by atoms with E-state index in [1.54, 1.807) is 0 Å². The van der Waals surface area contributed by atoms with Gasteiger partial charge in [0.1, 0.15) is 0 Å². The first-order chi connectivity index (χ1) is 6.65. The Morgan fingerprint density at radius 1 is 1.36 bits per heavy atom. The molecular formula is C12H23NO. The Morgan fingerprint density at radius 3 is 2.43 bits per heavy atom. The summed E-state index contributed by atoms with van der Waals surface area (Å²) in [6.07, 6.45) is 5.06. The fraction of sp³-hybridized carbons (Fsp3) is 0.917. The van der Waals surface area contributed by atoms with Gasteiger partial charge in [0.05, 0.1) is 0 Å². The maximum atomic E-state index is 11.8. The van der Waals surface area contributed by atoms with Gasteiger partial charge in [-0.25, -0.2) is 0 Å². The van der Waals surface area contributed by atoms with Gasteiger partial charge in [0.2, 0.25) is 5.91 Å². The normalized spacial score (nSPS) is 16.0. The van der Waals surface area contributed by atoms with Crippen LogP contribution < -0.4 is 0 Å². The lowest BCUT2D eigenvalue weighted by Crippen LogP contribution is -2.35. The van der Waals surface area contributed by atoms with Crippen LogP contribution in [-0.4, -0.2) is 23.9 Å². The molecule has 0 aliphatic heterocycles. The van der Waals surface area contributed by atoms with Gasteiger partial charge in [-0.3, -0.25) is 4.79 Å². The van der Waals surface area contributed by atoms with E-state index in [0.717, 1.165) is 25.4 Å². The van der Waals surface area contributed by atoms with Crippen molar-refractivity contribution >= 4 is 5.91 Å². The zero-order valence-corrected chi connectivity index (χ0v) is 9.75. The van der Waals surface area contributed by atoms with Crippen molar-refractivity contribution < 1.29 is 4.79 Å². The van der Waals surface area contributed by atoms with E-state index in [4.69, 9.17) is 0 Å². The molecular weight excluding hydrogens is 174 g/mol. The Kier molecular flexibility index (Phi) is 4.43. The summed E-state index contributed by atoms with van der Waals surface area (Å²) in [5, 5.41) is 0. The highest BCUT2D eigenvalue weighted by Crippen LogP contribution is 2.32. The molecule has 1 aliphatic carbocycles. The summed E-state index contributed by atoms with van der Waals surface area (Å²) in [7, 11) is 0. The van der Waals surface area contributed by atoms with Gasteiger partial charge in [0.25, 0.3) is 0 Å². The molecule has 82 valence electrons. The first-order valence-corrected chi connectivity index (χ1v) is 5.94. The largest absolute Gasteiger partial charge is 0.342 e.